The molecular formula is C16H10F6N4OS. The van der Waals surface area contributed by atoms with Gasteiger partial charge in [0.05, 0.1) is 11.1 Å². The van der Waals surface area contributed by atoms with E-state index in [0.29, 0.717) is 17.1 Å². The fourth-order valence-corrected chi connectivity index (χ4v) is 3.02. The molecule has 0 radical (unpaired) electrons. The van der Waals surface area contributed by atoms with Crippen molar-refractivity contribution in [1.29, 1.82) is 0 Å². The lowest BCUT2D eigenvalue weighted by Crippen LogP contribution is -2.26. The summed E-state index contributed by atoms with van der Waals surface area (Å²) in [6, 6.07) is 4.51. The Morgan fingerprint density at radius 2 is 1.71 bits per heavy atom. The van der Waals surface area contributed by atoms with Crippen molar-refractivity contribution < 1.29 is 31.1 Å². The highest BCUT2D eigenvalue weighted by molar-refractivity contribution is 7.12. The summed E-state index contributed by atoms with van der Waals surface area (Å²) in [6.07, 6.45) is -8.81. The van der Waals surface area contributed by atoms with Crippen LogP contribution in [0.2, 0.25) is 0 Å². The van der Waals surface area contributed by atoms with Crippen LogP contribution in [0.5, 0.6) is 0 Å². The van der Waals surface area contributed by atoms with E-state index in [1.807, 2.05) is 0 Å². The molecule has 5 nitrogen and oxygen atoms in total. The van der Waals surface area contributed by atoms with Gasteiger partial charge in [0.1, 0.15) is 11.3 Å². The molecule has 0 spiro atoms. The molecule has 0 fully saturated rings. The summed E-state index contributed by atoms with van der Waals surface area (Å²) in [5.41, 5.74) is -3.25. The zero-order valence-electron chi connectivity index (χ0n) is 13.7. The first kappa shape index (κ1) is 19.9. The molecule has 0 aliphatic carbocycles. The number of rotatable bonds is 4. The molecule has 28 heavy (non-hydrogen) atoms. The topological polar surface area (TPSA) is 59.8 Å². The molecular weight excluding hydrogens is 410 g/mol. The number of nitrogens with zero attached hydrogens (tertiary/aromatic N) is 3. The maximum Gasteiger partial charge on any atom is 0.416 e. The number of aromatic nitrogens is 3. The summed E-state index contributed by atoms with van der Waals surface area (Å²) < 4.78 is 78.6. The number of nitrogens with one attached hydrogen (secondary N) is 1. The minimum Gasteiger partial charge on any atom is -0.345 e. The Balaban J connectivity index is 1.83. The van der Waals surface area contributed by atoms with Gasteiger partial charge >= 0.3 is 12.4 Å². The van der Waals surface area contributed by atoms with Gasteiger partial charge in [-0.2, -0.15) is 36.1 Å². The van der Waals surface area contributed by atoms with Crippen LogP contribution in [0.4, 0.5) is 26.3 Å². The van der Waals surface area contributed by atoms with Crippen molar-refractivity contribution in [2.75, 3.05) is 0 Å². The van der Waals surface area contributed by atoms with E-state index in [0.717, 1.165) is 6.33 Å². The van der Waals surface area contributed by atoms with Crippen LogP contribution in [0, 0.1) is 0 Å². The summed E-state index contributed by atoms with van der Waals surface area (Å²) in [4.78, 5) is 16.1. The van der Waals surface area contributed by atoms with Gasteiger partial charge in [-0.15, -0.1) is 11.3 Å². The summed E-state index contributed by atoms with van der Waals surface area (Å²) in [5, 5.41) is 8.46. The van der Waals surface area contributed by atoms with Gasteiger partial charge in [-0.3, -0.25) is 4.79 Å². The van der Waals surface area contributed by atoms with Gasteiger partial charge in [0, 0.05) is 6.54 Å². The zero-order chi connectivity index (χ0) is 20.5. The quantitative estimate of drug-likeness (QED) is 0.641. The molecule has 2 aromatic heterocycles. The van der Waals surface area contributed by atoms with Gasteiger partial charge < -0.3 is 5.32 Å². The van der Waals surface area contributed by atoms with Crippen LogP contribution in [0.15, 0.2) is 42.0 Å². The van der Waals surface area contributed by atoms with E-state index in [9.17, 15) is 31.1 Å². The molecule has 0 unspecified atom stereocenters. The van der Waals surface area contributed by atoms with E-state index in [2.05, 4.69) is 15.4 Å². The van der Waals surface area contributed by atoms with Crippen molar-refractivity contribution in [1.82, 2.24) is 20.1 Å². The number of halogens is 6. The fraction of sp³-hybridized carbons (Fsp3) is 0.188. The zero-order valence-corrected chi connectivity index (χ0v) is 14.5. The Kier molecular flexibility index (Phi) is 5.15. The molecule has 0 aliphatic rings. The van der Waals surface area contributed by atoms with Crippen LogP contribution in [0.1, 0.15) is 27.3 Å². The number of amides is 1. The smallest absolute Gasteiger partial charge is 0.345 e. The molecule has 3 rings (SSSR count). The van der Waals surface area contributed by atoms with Gasteiger partial charge in [0.2, 0.25) is 5.82 Å². The predicted molar refractivity (Wildman–Crippen MR) is 86.9 cm³/mol. The predicted octanol–water partition coefficient (Wildman–Crippen LogP) is 4.30. The largest absolute Gasteiger partial charge is 0.416 e. The number of benzene rings is 1. The Hall–Kier alpha value is -2.89. The number of hydrogen-bond acceptors (Lipinski definition) is 4. The normalized spacial score (nSPS) is 12.2. The van der Waals surface area contributed by atoms with E-state index in [4.69, 9.17) is 0 Å². The lowest BCUT2D eigenvalue weighted by Gasteiger charge is -2.14. The van der Waals surface area contributed by atoms with Crippen LogP contribution >= 0.6 is 11.3 Å². The molecule has 0 aliphatic heterocycles. The molecule has 148 valence electrons. The minimum atomic E-state index is -4.96. The number of thiophene rings is 1. The van der Waals surface area contributed by atoms with Gasteiger partial charge in [-0.1, -0.05) is 0 Å². The molecule has 0 saturated heterocycles. The second-order valence-electron chi connectivity index (χ2n) is 5.54. The Morgan fingerprint density at radius 1 is 1.07 bits per heavy atom. The van der Waals surface area contributed by atoms with Gasteiger partial charge in [0.25, 0.3) is 5.91 Å². The maximum absolute atomic E-state index is 12.9. The summed E-state index contributed by atoms with van der Waals surface area (Å²) in [6.45, 7) is -0.552. The minimum absolute atomic E-state index is 0.0265. The third kappa shape index (κ3) is 4.32. The van der Waals surface area contributed by atoms with E-state index < -0.39 is 35.9 Å². The van der Waals surface area contributed by atoms with E-state index in [-0.39, 0.29) is 17.5 Å². The number of carbonyl (C=O) groups is 1. The Morgan fingerprint density at radius 3 is 2.25 bits per heavy atom. The molecule has 2 heterocycles. The third-order valence-corrected chi connectivity index (χ3v) is 4.41. The van der Waals surface area contributed by atoms with Crippen LogP contribution in [0.25, 0.3) is 5.00 Å². The van der Waals surface area contributed by atoms with Crippen molar-refractivity contribution in [2.24, 2.45) is 0 Å². The van der Waals surface area contributed by atoms with Crippen LogP contribution < -0.4 is 5.32 Å². The highest BCUT2D eigenvalue weighted by Crippen LogP contribution is 2.36. The molecule has 1 amide bonds. The summed E-state index contributed by atoms with van der Waals surface area (Å²) in [5.74, 6) is -0.942. The van der Waals surface area contributed by atoms with Gasteiger partial charge in [0.15, 0.2) is 0 Å². The van der Waals surface area contributed by atoms with Crippen molar-refractivity contribution in [3.63, 3.8) is 0 Å². The number of alkyl halides is 6. The first-order valence-corrected chi connectivity index (χ1v) is 8.44. The molecule has 12 heteroatoms. The van der Waals surface area contributed by atoms with Crippen LogP contribution in [0.3, 0.4) is 0 Å². The second-order valence-corrected chi connectivity index (χ2v) is 6.47. The van der Waals surface area contributed by atoms with Crippen molar-refractivity contribution in [3.05, 3.63) is 64.6 Å². The van der Waals surface area contributed by atoms with Gasteiger partial charge in [-0.05, 0) is 41.3 Å². The Labute approximate surface area is 157 Å². The van der Waals surface area contributed by atoms with E-state index in [1.54, 1.807) is 17.5 Å². The van der Waals surface area contributed by atoms with Crippen LogP contribution in [-0.4, -0.2) is 20.7 Å². The monoisotopic (exact) mass is 420 g/mol. The van der Waals surface area contributed by atoms with Crippen molar-refractivity contribution in [2.45, 2.75) is 18.9 Å². The lowest BCUT2D eigenvalue weighted by molar-refractivity contribution is -0.143. The molecule has 0 saturated carbocycles. The lowest BCUT2D eigenvalue weighted by atomic mass is 10.0. The first-order chi connectivity index (χ1) is 13.1. The maximum atomic E-state index is 12.9. The molecule has 1 aromatic carbocycles. The third-order valence-electron chi connectivity index (χ3n) is 3.57. The highest BCUT2D eigenvalue weighted by Gasteiger charge is 2.36. The summed E-state index contributed by atoms with van der Waals surface area (Å²) >= 11 is 1.27. The van der Waals surface area contributed by atoms with E-state index in [1.165, 1.54) is 16.0 Å². The average Bonchev–Trinajstić information content (AvgIpc) is 3.28. The number of carbonyl (C=O) groups excluding carboxylic acids is 1. The molecule has 3 aromatic rings. The van der Waals surface area contributed by atoms with E-state index >= 15 is 0 Å². The number of hydrogen-bond donors (Lipinski definition) is 1. The summed E-state index contributed by atoms with van der Waals surface area (Å²) in [7, 11) is 0. The molecule has 0 atom stereocenters. The molecule has 1 N–H and O–H groups in total. The fourth-order valence-electron chi connectivity index (χ4n) is 2.33. The SMILES string of the molecule is O=C(NCc1cc(C(F)(F)F)cc(C(F)(F)F)c1)c1ncnn1-c1cccs1. The average molecular weight is 420 g/mol. The Bertz CT molecular complexity index is 946. The highest BCUT2D eigenvalue weighted by atomic mass is 32.1. The molecule has 0 bridgehead atoms. The standard InChI is InChI=1S/C16H10F6N4OS/c17-15(18,19)10-4-9(5-11(6-10)16(20,21)22)7-23-14(27)13-24-8-25-26(13)12-2-1-3-28-12/h1-6,8H,7H2,(H,23,27). The first-order valence-electron chi connectivity index (χ1n) is 7.56. The van der Waals surface area contributed by atoms with Crippen molar-refractivity contribution in [3.8, 4) is 5.00 Å². The van der Waals surface area contributed by atoms with Gasteiger partial charge in [-0.25, -0.2) is 4.98 Å². The van der Waals surface area contributed by atoms with Crippen LogP contribution in [-0.2, 0) is 18.9 Å². The second kappa shape index (κ2) is 7.26. The van der Waals surface area contributed by atoms with Crippen molar-refractivity contribution >= 4 is 17.2 Å².